The molecule has 3 N–H and O–H groups in total. The maximum Gasteiger partial charge on any atom is 0.252 e. The number of amides is 2. The number of rotatable bonds is 9. The van der Waals surface area contributed by atoms with E-state index in [2.05, 4.69) is 84.2 Å². The molecule has 4 nitrogen and oxygen atoms in total. The zero-order chi connectivity index (χ0) is 34.5. The summed E-state index contributed by atoms with van der Waals surface area (Å²) in [6.07, 6.45) is 5.91. The molecule has 0 heterocycles. The molecule has 0 spiro atoms. The summed E-state index contributed by atoms with van der Waals surface area (Å²) >= 11 is 0. The van der Waals surface area contributed by atoms with Crippen LogP contribution in [0.25, 0.3) is 0 Å². The quantitative estimate of drug-likeness (QED) is 0.160. The van der Waals surface area contributed by atoms with Crippen LogP contribution in [0, 0.1) is 0 Å². The third-order valence-corrected chi connectivity index (χ3v) is 13.8. The van der Waals surface area contributed by atoms with Crippen LogP contribution in [0.15, 0.2) is 170 Å². The molecule has 1 aliphatic rings. The number of nitrogens with one attached hydrogen (secondary N) is 1. The number of carbonyl (C=O) groups is 2. The predicted molar refractivity (Wildman–Crippen MR) is 213 cm³/mol. The van der Waals surface area contributed by atoms with E-state index < -0.39 is 15.8 Å². The van der Waals surface area contributed by atoms with Gasteiger partial charge in [0.05, 0.1) is 0 Å². The Morgan fingerprint density at radius 3 is 1.20 bits per heavy atom. The van der Waals surface area contributed by atoms with Crippen molar-refractivity contribution in [1.29, 1.82) is 0 Å². The van der Waals surface area contributed by atoms with Crippen LogP contribution in [-0.2, 0) is 0 Å². The molecular weight excluding hydrogens is 650 g/mol. The minimum atomic E-state index is -0.800. The number of carbonyl (C=O) groups excluding carboxylic acids is 2. The Morgan fingerprint density at radius 1 is 0.460 bits per heavy atom. The third kappa shape index (κ3) is 8.82. The van der Waals surface area contributed by atoms with Crippen LogP contribution in [0.5, 0.6) is 0 Å². The smallest absolute Gasteiger partial charge is 0.252 e. The van der Waals surface area contributed by atoms with Crippen molar-refractivity contribution in [2.75, 3.05) is 0 Å². The van der Waals surface area contributed by atoms with Crippen molar-refractivity contribution < 1.29 is 9.59 Å². The van der Waals surface area contributed by atoms with E-state index in [4.69, 9.17) is 5.73 Å². The average molecular weight is 693 g/mol. The summed E-state index contributed by atoms with van der Waals surface area (Å²) in [5.41, 5.74) is 6.99. The summed E-state index contributed by atoms with van der Waals surface area (Å²) in [6.45, 7) is 0. The van der Waals surface area contributed by atoms with E-state index in [1.807, 2.05) is 84.9 Å². The van der Waals surface area contributed by atoms with Gasteiger partial charge in [-0.1, -0.05) is 177 Å². The Labute approximate surface area is 298 Å². The number of hydrogen-bond donors (Lipinski definition) is 2. The van der Waals surface area contributed by atoms with Crippen LogP contribution < -0.4 is 42.9 Å². The SMILES string of the molecule is NC(=O)c1ccccc1P(c1ccccc1)c1ccccc1.O=C(NC1CCCCC1)c1ccccc1P(c1ccccc1)c1ccccc1. The van der Waals surface area contributed by atoms with Gasteiger partial charge in [-0.05, 0) is 72.6 Å². The zero-order valence-electron chi connectivity index (χ0n) is 28.1. The molecule has 0 aliphatic heterocycles. The first-order chi connectivity index (χ1) is 24.6. The molecule has 250 valence electrons. The molecule has 6 heteroatoms. The zero-order valence-corrected chi connectivity index (χ0v) is 29.9. The summed E-state index contributed by atoms with van der Waals surface area (Å²) in [7, 11) is -1.58. The van der Waals surface area contributed by atoms with Crippen LogP contribution in [0.3, 0.4) is 0 Å². The molecule has 0 radical (unpaired) electrons. The second kappa shape index (κ2) is 17.7. The fourth-order valence-corrected chi connectivity index (χ4v) is 11.3. The van der Waals surface area contributed by atoms with Crippen molar-refractivity contribution in [2.24, 2.45) is 5.73 Å². The highest BCUT2D eigenvalue weighted by molar-refractivity contribution is 7.80. The van der Waals surface area contributed by atoms with E-state index in [1.165, 1.54) is 40.5 Å². The van der Waals surface area contributed by atoms with Gasteiger partial charge in [-0.15, -0.1) is 0 Å². The highest BCUT2D eigenvalue weighted by atomic mass is 31.1. The molecule has 6 aromatic carbocycles. The number of benzene rings is 6. The van der Waals surface area contributed by atoms with Gasteiger partial charge in [-0.3, -0.25) is 9.59 Å². The first kappa shape index (κ1) is 35.0. The van der Waals surface area contributed by atoms with Gasteiger partial charge in [0.15, 0.2) is 0 Å². The lowest BCUT2D eigenvalue weighted by molar-refractivity contribution is 0.0928. The molecule has 0 atom stereocenters. The van der Waals surface area contributed by atoms with E-state index in [-0.39, 0.29) is 11.8 Å². The summed E-state index contributed by atoms with van der Waals surface area (Å²) in [4.78, 5) is 25.0. The minimum absolute atomic E-state index is 0.0712. The normalized spacial score (nSPS) is 12.9. The second-order valence-electron chi connectivity index (χ2n) is 12.2. The van der Waals surface area contributed by atoms with Crippen LogP contribution in [0.1, 0.15) is 52.8 Å². The Balaban J connectivity index is 0.000000178. The van der Waals surface area contributed by atoms with Crippen molar-refractivity contribution in [3.05, 3.63) is 181 Å². The Bertz CT molecular complexity index is 1890. The molecule has 1 saturated carbocycles. The summed E-state index contributed by atoms with van der Waals surface area (Å²) < 4.78 is 0. The number of nitrogens with two attached hydrogens (primary N) is 1. The maximum atomic E-state index is 13.2. The first-order valence-electron chi connectivity index (χ1n) is 17.2. The fraction of sp³-hybridized carbons (Fsp3) is 0.136. The van der Waals surface area contributed by atoms with Gasteiger partial charge in [-0.25, -0.2) is 0 Å². The van der Waals surface area contributed by atoms with E-state index >= 15 is 0 Å². The summed E-state index contributed by atoms with van der Waals surface area (Å²) in [5.74, 6) is -0.308. The fourth-order valence-electron chi connectivity index (χ4n) is 6.41. The van der Waals surface area contributed by atoms with E-state index in [1.54, 1.807) is 6.07 Å². The van der Waals surface area contributed by atoms with Crippen molar-refractivity contribution in [3.63, 3.8) is 0 Å². The van der Waals surface area contributed by atoms with Crippen LogP contribution in [0.2, 0.25) is 0 Å². The molecule has 0 unspecified atom stereocenters. The van der Waals surface area contributed by atoms with Crippen molar-refractivity contribution in [3.8, 4) is 0 Å². The average Bonchev–Trinajstić information content (AvgIpc) is 3.18. The summed E-state index contributed by atoms with van der Waals surface area (Å²) in [5, 5.41) is 10.4. The molecule has 1 aliphatic carbocycles. The van der Waals surface area contributed by atoms with Crippen LogP contribution in [-0.4, -0.2) is 17.9 Å². The van der Waals surface area contributed by atoms with Crippen molar-refractivity contribution in [1.82, 2.24) is 5.32 Å². The van der Waals surface area contributed by atoms with Crippen molar-refractivity contribution >= 4 is 59.5 Å². The molecule has 1 fully saturated rings. The highest BCUT2D eigenvalue weighted by Gasteiger charge is 2.24. The molecule has 7 rings (SSSR count). The second-order valence-corrected chi connectivity index (χ2v) is 16.6. The Morgan fingerprint density at radius 2 is 0.800 bits per heavy atom. The molecule has 2 amide bonds. The molecule has 6 aromatic rings. The lowest BCUT2D eigenvalue weighted by atomic mass is 9.95. The van der Waals surface area contributed by atoms with Crippen molar-refractivity contribution in [2.45, 2.75) is 38.1 Å². The largest absolute Gasteiger partial charge is 0.366 e. The minimum Gasteiger partial charge on any atom is -0.366 e. The standard InChI is InChI=1S/C25H26NOP.C19H16NOP/c27-25(26-20-12-4-1-5-13-20)23-18-10-11-19-24(23)28(21-14-6-2-7-15-21)22-16-8-3-9-17-22;20-19(21)17-13-7-8-14-18(17)22(15-9-3-1-4-10-15)16-11-5-2-6-12-16/h2-3,6-11,14-20H,1,4-5,12-13H2,(H,26,27);1-14H,(H2,20,21). The highest BCUT2D eigenvalue weighted by Crippen LogP contribution is 2.35. The van der Waals surface area contributed by atoms with E-state index in [9.17, 15) is 9.59 Å². The first-order valence-corrected chi connectivity index (χ1v) is 19.9. The molecule has 0 saturated heterocycles. The lowest BCUT2D eigenvalue weighted by Crippen LogP contribution is -2.38. The molecule has 50 heavy (non-hydrogen) atoms. The monoisotopic (exact) mass is 692 g/mol. The van der Waals surface area contributed by atoms with Gasteiger partial charge in [0.25, 0.3) is 5.91 Å². The molecule has 0 bridgehead atoms. The predicted octanol–water partition coefficient (Wildman–Crippen LogP) is 7.05. The van der Waals surface area contributed by atoms with E-state index in [0.717, 1.165) is 29.0 Å². The molecular formula is C44H42N2O2P2. The topological polar surface area (TPSA) is 72.2 Å². The molecule has 0 aromatic heterocycles. The van der Waals surface area contributed by atoms with Gasteiger partial charge in [0, 0.05) is 17.2 Å². The Hall–Kier alpha value is -4.88. The van der Waals surface area contributed by atoms with Gasteiger partial charge in [-0.2, -0.15) is 0 Å². The van der Waals surface area contributed by atoms with Crippen LogP contribution in [0.4, 0.5) is 0 Å². The van der Waals surface area contributed by atoms with Gasteiger partial charge >= 0.3 is 0 Å². The Kier molecular flexibility index (Phi) is 12.4. The maximum absolute atomic E-state index is 13.2. The van der Waals surface area contributed by atoms with Gasteiger partial charge in [0.1, 0.15) is 0 Å². The van der Waals surface area contributed by atoms with E-state index in [0.29, 0.717) is 11.6 Å². The van der Waals surface area contributed by atoms with Crippen LogP contribution >= 0.6 is 15.8 Å². The van der Waals surface area contributed by atoms with Gasteiger partial charge < -0.3 is 11.1 Å². The number of primary amides is 1. The number of hydrogen-bond acceptors (Lipinski definition) is 2. The summed E-state index contributed by atoms with van der Waals surface area (Å²) in [6, 6.07) is 57.7. The lowest BCUT2D eigenvalue weighted by Gasteiger charge is -2.25. The third-order valence-electron chi connectivity index (χ3n) is 8.80. The van der Waals surface area contributed by atoms with Gasteiger partial charge in [0.2, 0.25) is 5.91 Å².